The van der Waals surface area contributed by atoms with Crippen LogP contribution in [0.4, 0.5) is 5.69 Å². The van der Waals surface area contributed by atoms with Crippen LogP contribution in [0.2, 0.25) is 0 Å². The van der Waals surface area contributed by atoms with E-state index in [9.17, 15) is 9.59 Å². The fourth-order valence-electron chi connectivity index (χ4n) is 2.65. The SMILES string of the molecule is CC1CC(Nc2cc(C(N)=O)cc(C(N)=O)c2)CCN1C. The number of piperidine rings is 1. The maximum Gasteiger partial charge on any atom is 0.248 e. The van der Waals surface area contributed by atoms with Gasteiger partial charge in [0.1, 0.15) is 0 Å². The minimum absolute atomic E-state index is 0.287. The highest BCUT2D eigenvalue weighted by molar-refractivity contribution is 5.99. The predicted octanol–water partition coefficient (Wildman–Crippen LogP) is 0.779. The number of nitrogens with zero attached hydrogens (tertiary/aromatic N) is 1. The van der Waals surface area contributed by atoms with Gasteiger partial charge in [-0.25, -0.2) is 0 Å². The van der Waals surface area contributed by atoms with E-state index in [1.54, 1.807) is 12.1 Å². The molecule has 1 aromatic rings. The summed E-state index contributed by atoms with van der Waals surface area (Å²) in [7, 11) is 2.11. The summed E-state index contributed by atoms with van der Waals surface area (Å²) in [6.45, 7) is 3.19. The van der Waals surface area contributed by atoms with E-state index in [-0.39, 0.29) is 11.1 Å². The summed E-state index contributed by atoms with van der Waals surface area (Å²) in [5.41, 5.74) is 11.9. The molecule has 1 aliphatic rings. The number of anilines is 1. The summed E-state index contributed by atoms with van der Waals surface area (Å²) in [6, 6.07) is 5.55. The molecule has 0 saturated carbocycles. The maximum absolute atomic E-state index is 11.4. The molecule has 5 N–H and O–H groups in total. The van der Waals surface area contributed by atoms with Crippen LogP contribution in [0.3, 0.4) is 0 Å². The third-order valence-electron chi connectivity index (χ3n) is 4.08. The minimum atomic E-state index is -0.571. The molecular formula is C15H22N4O2. The zero-order valence-corrected chi connectivity index (χ0v) is 12.4. The average molecular weight is 290 g/mol. The lowest BCUT2D eigenvalue weighted by Crippen LogP contribution is -2.42. The van der Waals surface area contributed by atoms with Crippen LogP contribution < -0.4 is 16.8 Å². The molecule has 1 fully saturated rings. The molecule has 2 atom stereocenters. The van der Waals surface area contributed by atoms with Crippen molar-refractivity contribution in [2.45, 2.75) is 31.8 Å². The van der Waals surface area contributed by atoms with Crippen molar-refractivity contribution in [2.75, 3.05) is 18.9 Å². The first kappa shape index (κ1) is 15.3. The molecule has 2 amide bonds. The Morgan fingerprint density at radius 3 is 2.24 bits per heavy atom. The fourth-order valence-corrected chi connectivity index (χ4v) is 2.65. The van der Waals surface area contributed by atoms with Crippen molar-refractivity contribution < 1.29 is 9.59 Å². The van der Waals surface area contributed by atoms with Crippen molar-refractivity contribution in [3.63, 3.8) is 0 Å². The number of amides is 2. The highest BCUT2D eigenvalue weighted by Crippen LogP contribution is 2.22. The molecule has 0 aromatic heterocycles. The fraction of sp³-hybridized carbons (Fsp3) is 0.467. The van der Waals surface area contributed by atoms with E-state index in [4.69, 9.17) is 11.5 Å². The first-order chi connectivity index (χ1) is 9.86. The summed E-state index contributed by atoms with van der Waals surface area (Å²) in [6.07, 6.45) is 2.01. The molecular weight excluding hydrogens is 268 g/mol. The van der Waals surface area contributed by atoms with Crippen molar-refractivity contribution in [1.29, 1.82) is 0 Å². The average Bonchev–Trinajstić information content (AvgIpc) is 2.42. The Balaban J connectivity index is 2.19. The number of nitrogens with one attached hydrogen (secondary N) is 1. The van der Waals surface area contributed by atoms with Crippen LogP contribution in [0.5, 0.6) is 0 Å². The summed E-state index contributed by atoms with van der Waals surface area (Å²) >= 11 is 0. The Bertz CT molecular complexity index is 526. The van der Waals surface area contributed by atoms with Gasteiger partial charge in [-0.15, -0.1) is 0 Å². The van der Waals surface area contributed by atoms with E-state index in [2.05, 4.69) is 24.2 Å². The Morgan fingerprint density at radius 2 is 1.76 bits per heavy atom. The molecule has 0 bridgehead atoms. The largest absolute Gasteiger partial charge is 0.382 e. The Hall–Kier alpha value is -2.08. The summed E-state index contributed by atoms with van der Waals surface area (Å²) in [5, 5.41) is 3.38. The Morgan fingerprint density at radius 1 is 1.19 bits per heavy atom. The van der Waals surface area contributed by atoms with E-state index in [0.29, 0.717) is 17.8 Å². The van der Waals surface area contributed by atoms with Crippen LogP contribution in [0.15, 0.2) is 18.2 Å². The van der Waals surface area contributed by atoms with Crippen LogP contribution in [0, 0.1) is 0 Å². The second kappa shape index (κ2) is 6.13. The number of carbonyl (C=O) groups is 2. The van der Waals surface area contributed by atoms with Gasteiger partial charge in [0, 0.05) is 35.4 Å². The van der Waals surface area contributed by atoms with Crippen molar-refractivity contribution in [3.8, 4) is 0 Å². The monoisotopic (exact) mass is 290 g/mol. The molecule has 0 radical (unpaired) electrons. The normalized spacial score (nSPS) is 22.8. The van der Waals surface area contributed by atoms with Crippen LogP contribution in [0.25, 0.3) is 0 Å². The molecule has 0 aliphatic carbocycles. The predicted molar refractivity (Wildman–Crippen MR) is 82.2 cm³/mol. The number of likely N-dealkylation sites (tertiary alicyclic amines) is 1. The van der Waals surface area contributed by atoms with Gasteiger partial charge < -0.3 is 21.7 Å². The van der Waals surface area contributed by atoms with Crippen LogP contribution in [-0.2, 0) is 0 Å². The van der Waals surface area contributed by atoms with Gasteiger partial charge >= 0.3 is 0 Å². The third-order valence-corrected chi connectivity index (χ3v) is 4.08. The smallest absolute Gasteiger partial charge is 0.248 e. The molecule has 6 heteroatoms. The first-order valence-electron chi connectivity index (χ1n) is 7.08. The van der Waals surface area contributed by atoms with E-state index >= 15 is 0 Å². The first-order valence-corrected chi connectivity index (χ1v) is 7.08. The van der Waals surface area contributed by atoms with E-state index in [1.165, 1.54) is 6.07 Å². The van der Waals surface area contributed by atoms with Gasteiger partial charge in [-0.05, 0) is 45.0 Å². The number of carbonyl (C=O) groups excluding carboxylic acids is 2. The number of rotatable bonds is 4. The van der Waals surface area contributed by atoms with Crippen LogP contribution >= 0.6 is 0 Å². The lowest BCUT2D eigenvalue weighted by molar-refractivity contribution is 0.0999. The lowest BCUT2D eigenvalue weighted by atomic mass is 9.98. The topological polar surface area (TPSA) is 101 Å². The van der Waals surface area contributed by atoms with Crippen molar-refractivity contribution in [3.05, 3.63) is 29.3 Å². The van der Waals surface area contributed by atoms with Gasteiger partial charge in [0.15, 0.2) is 0 Å². The van der Waals surface area contributed by atoms with Gasteiger partial charge in [-0.2, -0.15) is 0 Å². The number of nitrogens with two attached hydrogens (primary N) is 2. The quantitative estimate of drug-likeness (QED) is 0.762. The maximum atomic E-state index is 11.4. The zero-order valence-electron chi connectivity index (χ0n) is 12.4. The molecule has 1 saturated heterocycles. The molecule has 21 heavy (non-hydrogen) atoms. The third kappa shape index (κ3) is 3.72. The zero-order chi connectivity index (χ0) is 15.6. The van der Waals surface area contributed by atoms with E-state index < -0.39 is 11.8 Å². The lowest BCUT2D eigenvalue weighted by Gasteiger charge is -2.35. The highest BCUT2D eigenvalue weighted by Gasteiger charge is 2.23. The van der Waals surface area contributed by atoms with E-state index in [0.717, 1.165) is 19.4 Å². The Kier molecular flexibility index (Phi) is 4.47. The molecule has 0 spiro atoms. The number of hydrogen-bond donors (Lipinski definition) is 3. The minimum Gasteiger partial charge on any atom is -0.382 e. The second-order valence-electron chi connectivity index (χ2n) is 5.72. The molecule has 6 nitrogen and oxygen atoms in total. The molecule has 114 valence electrons. The molecule has 2 rings (SSSR count). The second-order valence-corrected chi connectivity index (χ2v) is 5.72. The summed E-state index contributed by atoms with van der Waals surface area (Å²) in [5.74, 6) is -1.14. The van der Waals surface area contributed by atoms with E-state index in [1.807, 2.05) is 0 Å². The van der Waals surface area contributed by atoms with Crippen LogP contribution in [-0.4, -0.2) is 42.4 Å². The molecule has 1 aromatic carbocycles. The van der Waals surface area contributed by atoms with Gasteiger partial charge in [-0.3, -0.25) is 9.59 Å². The van der Waals surface area contributed by atoms with Gasteiger partial charge in [0.2, 0.25) is 11.8 Å². The molecule has 1 heterocycles. The number of primary amides is 2. The van der Waals surface area contributed by atoms with Crippen molar-refractivity contribution >= 4 is 17.5 Å². The summed E-state index contributed by atoms with van der Waals surface area (Å²) in [4.78, 5) is 25.0. The highest BCUT2D eigenvalue weighted by atomic mass is 16.1. The number of hydrogen-bond acceptors (Lipinski definition) is 4. The van der Waals surface area contributed by atoms with Gasteiger partial charge in [-0.1, -0.05) is 0 Å². The van der Waals surface area contributed by atoms with Gasteiger partial charge in [0.05, 0.1) is 0 Å². The summed E-state index contributed by atoms with van der Waals surface area (Å²) < 4.78 is 0. The van der Waals surface area contributed by atoms with Crippen molar-refractivity contribution in [1.82, 2.24) is 4.90 Å². The molecule has 1 aliphatic heterocycles. The number of benzene rings is 1. The Labute approximate surface area is 124 Å². The van der Waals surface area contributed by atoms with Crippen molar-refractivity contribution in [2.24, 2.45) is 11.5 Å². The standard InChI is InChI=1S/C15H22N4O2/c1-9-5-12(3-4-19(9)2)18-13-7-10(14(16)20)6-11(8-13)15(17)21/h6-9,12,18H,3-5H2,1-2H3,(H2,16,20)(H2,17,21). The molecule has 2 unspecified atom stereocenters. The van der Waals surface area contributed by atoms with Crippen LogP contribution in [0.1, 0.15) is 40.5 Å². The van der Waals surface area contributed by atoms with Gasteiger partial charge in [0.25, 0.3) is 0 Å².